The number of pyridine rings is 1. The van der Waals surface area contributed by atoms with E-state index in [-0.39, 0.29) is 31.4 Å². The molecule has 8 nitrogen and oxygen atoms in total. The monoisotopic (exact) mass is 429 g/mol. The second-order valence-electron chi connectivity index (χ2n) is 6.19. The van der Waals surface area contributed by atoms with Crippen LogP contribution in [0.2, 0.25) is 0 Å². The van der Waals surface area contributed by atoms with Gasteiger partial charge in [-0.15, -0.1) is 11.3 Å². The molecule has 0 aliphatic rings. The number of anilines is 1. The summed E-state index contributed by atoms with van der Waals surface area (Å²) in [7, 11) is 1.54. The first kappa shape index (κ1) is 21.3. The summed E-state index contributed by atoms with van der Waals surface area (Å²) in [6.45, 7) is 0.620. The van der Waals surface area contributed by atoms with Crippen LogP contribution in [0.5, 0.6) is 0 Å². The number of carbonyl (C=O) groups is 2. The van der Waals surface area contributed by atoms with Gasteiger partial charge in [-0.2, -0.15) is 0 Å². The van der Waals surface area contributed by atoms with Crippen molar-refractivity contribution >= 4 is 28.4 Å². The van der Waals surface area contributed by atoms with Gasteiger partial charge in [0.1, 0.15) is 5.82 Å². The molecule has 0 atom stereocenters. The fraction of sp³-hybridized carbons (Fsp3) is 0.200. The predicted molar refractivity (Wildman–Crippen MR) is 110 cm³/mol. The summed E-state index contributed by atoms with van der Waals surface area (Å²) in [6.07, 6.45) is 1.60. The Hall–Kier alpha value is -3.37. The number of ether oxygens (including phenoxy) is 1. The molecule has 1 aromatic carbocycles. The number of carbonyl (C=O) groups excluding carboxylic acids is 2. The highest BCUT2D eigenvalue weighted by atomic mass is 32.1. The lowest BCUT2D eigenvalue weighted by Crippen LogP contribution is -2.28. The van der Waals surface area contributed by atoms with Gasteiger partial charge in [-0.25, -0.2) is 14.2 Å². The van der Waals surface area contributed by atoms with E-state index in [1.807, 2.05) is 0 Å². The largest absolute Gasteiger partial charge is 0.378 e. The second kappa shape index (κ2) is 10.4. The van der Waals surface area contributed by atoms with Crippen molar-refractivity contribution in [3.63, 3.8) is 0 Å². The molecule has 3 rings (SSSR count). The minimum atomic E-state index is -0.455. The van der Waals surface area contributed by atoms with Gasteiger partial charge < -0.3 is 15.4 Å². The molecular weight excluding hydrogens is 409 g/mol. The number of hydrogen-bond donors (Lipinski definition) is 3. The van der Waals surface area contributed by atoms with E-state index in [9.17, 15) is 14.0 Å². The topological polar surface area (TPSA) is 105 Å². The molecule has 3 N–H and O–H groups in total. The van der Waals surface area contributed by atoms with Gasteiger partial charge in [0.25, 0.3) is 5.91 Å². The van der Waals surface area contributed by atoms with Crippen molar-refractivity contribution in [2.24, 2.45) is 0 Å². The Morgan fingerprint density at radius 1 is 1.17 bits per heavy atom. The van der Waals surface area contributed by atoms with E-state index in [4.69, 9.17) is 4.74 Å². The molecule has 10 heteroatoms. The number of nitrogens with zero attached hydrogens (tertiary/aromatic N) is 2. The number of halogens is 1. The molecule has 0 aliphatic heterocycles. The van der Waals surface area contributed by atoms with Crippen LogP contribution in [0.3, 0.4) is 0 Å². The van der Waals surface area contributed by atoms with E-state index in [1.54, 1.807) is 35.8 Å². The molecule has 3 aromatic rings. The smallest absolute Gasteiger partial charge is 0.321 e. The lowest BCUT2D eigenvalue weighted by atomic mass is 10.2. The van der Waals surface area contributed by atoms with E-state index in [1.165, 1.54) is 30.6 Å². The normalized spacial score (nSPS) is 10.5. The van der Waals surface area contributed by atoms with Crippen molar-refractivity contribution in [2.45, 2.75) is 19.7 Å². The maximum atomic E-state index is 13.2. The van der Waals surface area contributed by atoms with Gasteiger partial charge >= 0.3 is 6.03 Å². The lowest BCUT2D eigenvalue weighted by molar-refractivity contribution is 0.0944. The fourth-order valence-electron chi connectivity index (χ4n) is 2.58. The summed E-state index contributed by atoms with van der Waals surface area (Å²) >= 11 is 1.23. The first-order chi connectivity index (χ1) is 14.5. The number of methoxy groups -OCH3 is 1. The highest BCUT2D eigenvalue weighted by molar-refractivity contribution is 7.13. The molecule has 0 saturated carbocycles. The number of nitrogens with one attached hydrogen (secondary N) is 3. The standard InChI is InChI=1S/C20H20FN5O3S/c1-29-11-17-16(6-3-7-22-17)18(27)23-10-15-12-30-20(25-15)26-19(28)24-9-13-4-2-5-14(21)8-13/h2-8,12H,9-11H2,1H3,(H,23,27)(H2,24,25,26,28). The van der Waals surface area contributed by atoms with Crippen LogP contribution in [0, 0.1) is 5.82 Å². The van der Waals surface area contributed by atoms with Crippen molar-refractivity contribution in [1.82, 2.24) is 20.6 Å². The van der Waals surface area contributed by atoms with Gasteiger partial charge in [-0.3, -0.25) is 15.1 Å². The summed E-state index contributed by atoms with van der Waals surface area (Å²) in [4.78, 5) is 32.8. The molecular formula is C20H20FN5O3S. The molecule has 2 aromatic heterocycles. The summed E-state index contributed by atoms with van der Waals surface area (Å²) in [5.41, 5.74) is 2.24. The van der Waals surface area contributed by atoms with Crippen LogP contribution in [0.25, 0.3) is 0 Å². The molecule has 3 amide bonds. The van der Waals surface area contributed by atoms with E-state index < -0.39 is 6.03 Å². The number of urea groups is 1. The van der Waals surface area contributed by atoms with E-state index in [0.29, 0.717) is 27.6 Å². The number of aromatic nitrogens is 2. The Bertz CT molecular complexity index is 1030. The third-order valence-corrected chi connectivity index (χ3v) is 4.77. The molecule has 2 heterocycles. The first-order valence-corrected chi connectivity index (χ1v) is 9.88. The summed E-state index contributed by atoms with van der Waals surface area (Å²) in [6, 6.07) is 8.89. The minimum Gasteiger partial charge on any atom is -0.378 e. The first-order valence-electron chi connectivity index (χ1n) is 9.00. The van der Waals surface area contributed by atoms with Gasteiger partial charge in [0.2, 0.25) is 0 Å². The molecule has 30 heavy (non-hydrogen) atoms. The Morgan fingerprint density at radius 2 is 2.03 bits per heavy atom. The van der Waals surface area contributed by atoms with Gasteiger partial charge in [0, 0.05) is 25.2 Å². The van der Waals surface area contributed by atoms with Gasteiger partial charge in [-0.05, 0) is 29.8 Å². The van der Waals surface area contributed by atoms with Crippen LogP contribution >= 0.6 is 11.3 Å². The van der Waals surface area contributed by atoms with Crippen molar-refractivity contribution < 1.29 is 18.7 Å². The Labute approximate surface area is 176 Å². The second-order valence-corrected chi connectivity index (χ2v) is 7.05. The van der Waals surface area contributed by atoms with Crippen molar-refractivity contribution in [1.29, 1.82) is 0 Å². The average Bonchev–Trinajstić information content (AvgIpc) is 3.18. The maximum Gasteiger partial charge on any atom is 0.321 e. The van der Waals surface area contributed by atoms with Crippen LogP contribution < -0.4 is 16.0 Å². The number of thiazole rings is 1. The van der Waals surface area contributed by atoms with Crippen LogP contribution in [0.4, 0.5) is 14.3 Å². The van der Waals surface area contributed by atoms with Gasteiger partial charge in [0.15, 0.2) is 5.13 Å². The van der Waals surface area contributed by atoms with Crippen molar-refractivity contribution in [2.75, 3.05) is 12.4 Å². The number of amides is 3. The lowest BCUT2D eigenvalue weighted by Gasteiger charge is -2.08. The van der Waals surface area contributed by atoms with Gasteiger partial charge in [0.05, 0.1) is 30.1 Å². The molecule has 0 spiro atoms. The van der Waals surface area contributed by atoms with Crippen LogP contribution in [-0.4, -0.2) is 29.0 Å². The van der Waals surface area contributed by atoms with Crippen molar-refractivity contribution in [3.8, 4) is 0 Å². The highest BCUT2D eigenvalue weighted by Gasteiger charge is 2.13. The van der Waals surface area contributed by atoms with E-state index >= 15 is 0 Å². The summed E-state index contributed by atoms with van der Waals surface area (Å²) < 4.78 is 18.2. The van der Waals surface area contributed by atoms with E-state index in [0.717, 1.165) is 0 Å². The van der Waals surface area contributed by atoms with Crippen LogP contribution in [0.1, 0.15) is 27.3 Å². The molecule has 0 unspecified atom stereocenters. The number of hydrogen-bond acceptors (Lipinski definition) is 6. The quantitative estimate of drug-likeness (QED) is 0.510. The molecule has 156 valence electrons. The Morgan fingerprint density at radius 3 is 2.83 bits per heavy atom. The van der Waals surface area contributed by atoms with Crippen molar-refractivity contribution in [3.05, 3.63) is 76.3 Å². The van der Waals surface area contributed by atoms with Gasteiger partial charge in [-0.1, -0.05) is 12.1 Å². The fourth-order valence-corrected chi connectivity index (χ4v) is 3.28. The van der Waals surface area contributed by atoms with Crippen LogP contribution in [0.15, 0.2) is 48.0 Å². The summed E-state index contributed by atoms with van der Waals surface area (Å²) in [5, 5.41) is 10.2. The zero-order valence-corrected chi connectivity index (χ0v) is 17.0. The van der Waals surface area contributed by atoms with Crippen LogP contribution in [-0.2, 0) is 24.4 Å². The molecule has 0 fully saturated rings. The Kier molecular flexibility index (Phi) is 7.41. The molecule has 0 saturated heterocycles. The SMILES string of the molecule is COCc1ncccc1C(=O)NCc1csc(NC(=O)NCc2cccc(F)c2)n1. The average molecular weight is 429 g/mol. The third kappa shape index (κ3) is 6.06. The van der Waals surface area contributed by atoms with E-state index in [2.05, 4.69) is 25.9 Å². The highest BCUT2D eigenvalue weighted by Crippen LogP contribution is 2.15. The number of rotatable bonds is 8. The molecule has 0 aliphatic carbocycles. The maximum absolute atomic E-state index is 13.2. The molecule has 0 bridgehead atoms. The summed E-state index contributed by atoms with van der Waals surface area (Å²) in [5.74, 6) is -0.646. The zero-order valence-electron chi connectivity index (χ0n) is 16.1. The predicted octanol–water partition coefficient (Wildman–Crippen LogP) is 3.08. The minimum absolute atomic E-state index is 0.187. The zero-order chi connectivity index (χ0) is 21.3. The number of benzene rings is 1. The Balaban J connectivity index is 1.49. The third-order valence-electron chi connectivity index (χ3n) is 3.96. The molecule has 0 radical (unpaired) electrons.